The number of halogens is 3. The predicted molar refractivity (Wildman–Crippen MR) is 70.9 cm³/mol. The summed E-state index contributed by atoms with van der Waals surface area (Å²) >= 11 is -1.99. The van der Waals surface area contributed by atoms with Crippen molar-refractivity contribution in [3.05, 3.63) is 39.6 Å². The summed E-state index contributed by atoms with van der Waals surface area (Å²) in [4.78, 5) is 4.31. The van der Waals surface area contributed by atoms with Crippen molar-refractivity contribution in [3.8, 4) is 0 Å². The molecule has 0 saturated carbocycles. The zero-order chi connectivity index (χ0) is 10.1. The van der Waals surface area contributed by atoms with Crippen molar-refractivity contribution >= 4 is 46.3 Å². The minimum absolute atomic E-state index is 0.952. The van der Waals surface area contributed by atoms with Crippen LogP contribution in [0.15, 0.2) is 30.5 Å². The van der Waals surface area contributed by atoms with Gasteiger partial charge < -0.3 is 0 Å². The van der Waals surface area contributed by atoms with Crippen LogP contribution in [-0.4, -0.2) is 4.98 Å². The SMILES string of the molecule is Cc1cc(I(Cl)Cl)c2ncccc2c1. The number of nitrogens with zero attached hydrogens (tertiary/aromatic N) is 1. The molecule has 0 unspecified atom stereocenters. The molecule has 74 valence electrons. The molecule has 0 bridgehead atoms. The molecular formula is C10H8Cl2IN. The van der Waals surface area contributed by atoms with Crippen LogP contribution in [0.4, 0.5) is 0 Å². The van der Waals surface area contributed by atoms with Crippen LogP contribution in [0.25, 0.3) is 10.9 Å². The molecule has 0 aliphatic rings. The van der Waals surface area contributed by atoms with E-state index in [1.807, 2.05) is 25.1 Å². The molecule has 1 aromatic heterocycles. The number of benzene rings is 1. The Hall–Kier alpha value is -0.0600. The van der Waals surface area contributed by atoms with Crippen molar-refractivity contribution in [2.24, 2.45) is 0 Å². The molecule has 2 rings (SSSR count). The molecule has 1 aromatic carbocycles. The van der Waals surface area contributed by atoms with E-state index in [1.165, 1.54) is 5.56 Å². The molecule has 0 saturated heterocycles. The molecular weight excluding hydrogens is 332 g/mol. The third-order valence-electron chi connectivity index (χ3n) is 1.96. The first-order valence-corrected chi connectivity index (χ1v) is 10.6. The molecule has 0 radical (unpaired) electrons. The van der Waals surface area contributed by atoms with Crippen LogP contribution in [0.5, 0.6) is 0 Å². The molecule has 0 aliphatic carbocycles. The van der Waals surface area contributed by atoms with Gasteiger partial charge in [-0.15, -0.1) is 0 Å². The van der Waals surface area contributed by atoms with Crippen LogP contribution in [0.3, 0.4) is 0 Å². The summed E-state index contributed by atoms with van der Waals surface area (Å²) in [6, 6.07) is 8.10. The number of rotatable bonds is 1. The summed E-state index contributed by atoms with van der Waals surface area (Å²) in [6.07, 6.45) is 1.77. The van der Waals surface area contributed by atoms with E-state index in [1.54, 1.807) is 6.20 Å². The second-order valence-electron chi connectivity index (χ2n) is 3.02. The summed E-state index contributed by atoms with van der Waals surface area (Å²) in [7, 11) is 12.1. The van der Waals surface area contributed by atoms with Crippen molar-refractivity contribution in [2.75, 3.05) is 0 Å². The Bertz CT molecular complexity index is 471. The van der Waals surface area contributed by atoms with E-state index in [4.69, 9.17) is 17.8 Å². The van der Waals surface area contributed by atoms with Gasteiger partial charge in [-0.05, 0) is 0 Å². The summed E-state index contributed by atoms with van der Waals surface area (Å²) in [5.74, 6) is 0. The Morgan fingerprint density at radius 1 is 1.29 bits per heavy atom. The van der Waals surface area contributed by atoms with Gasteiger partial charge in [0.05, 0.1) is 0 Å². The molecule has 1 nitrogen and oxygen atoms in total. The fourth-order valence-corrected chi connectivity index (χ4v) is 4.42. The molecule has 0 atom stereocenters. The van der Waals surface area contributed by atoms with E-state index >= 15 is 0 Å². The van der Waals surface area contributed by atoms with Gasteiger partial charge >= 0.3 is 97.8 Å². The van der Waals surface area contributed by atoms with Gasteiger partial charge in [-0.25, -0.2) is 0 Å². The monoisotopic (exact) mass is 339 g/mol. The molecule has 0 aliphatic heterocycles. The van der Waals surface area contributed by atoms with Crippen LogP contribution >= 0.6 is 35.4 Å². The average molecular weight is 340 g/mol. The van der Waals surface area contributed by atoms with Gasteiger partial charge in [-0.2, -0.15) is 0 Å². The van der Waals surface area contributed by atoms with Gasteiger partial charge in [-0.3, -0.25) is 0 Å². The molecule has 2 aromatic rings. The average Bonchev–Trinajstić information content (AvgIpc) is 2.16. The number of aryl methyl sites for hydroxylation is 1. The van der Waals surface area contributed by atoms with E-state index < -0.39 is 17.6 Å². The van der Waals surface area contributed by atoms with Gasteiger partial charge in [0.25, 0.3) is 0 Å². The molecule has 14 heavy (non-hydrogen) atoms. The van der Waals surface area contributed by atoms with Crippen molar-refractivity contribution < 1.29 is 0 Å². The van der Waals surface area contributed by atoms with Crippen LogP contribution in [0.2, 0.25) is 0 Å². The number of fused-ring (bicyclic) bond motifs is 1. The van der Waals surface area contributed by atoms with Crippen molar-refractivity contribution in [1.29, 1.82) is 0 Å². The third kappa shape index (κ3) is 1.97. The molecule has 1 heterocycles. The van der Waals surface area contributed by atoms with Crippen LogP contribution < -0.4 is 0 Å². The Balaban J connectivity index is 2.80. The van der Waals surface area contributed by atoms with E-state index in [2.05, 4.69) is 11.1 Å². The fourth-order valence-electron chi connectivity index (χ4n) is 1.40. The van der Waals surface area contributed by atoms with E-state index in [9.17, 15) is 0 Å². The molecule has 0 spiro atoms. The normalized spacial score (nSPS) is 11.8. The summed E-state index contributed by atoms with van der Waals surface area (Å²) < 4.78 is 1.04. The zero-order valence-electron chi connectivity index (χ0n) is 7.47. The summed E-state index contributed by atoms with van der Waals surface area (Å²) in [5, 5.41) is 1.12. The number of hydrogen-bond donors (Lipinski definition) is 0. The van der Waals surface area contributed by atoms with E-state index in [0.29, 0.717) is 0 Å². The number of hydrogen-bond acceptors (Lipinski definition) is 1. The first kappa shape index (κ1) is 10.5. The maximum absolute atomic E-state index is 6.04. The Morgan fingerprint density at radius 2 is 2.07 bits per heavy atom. The summed E-state index contributed by atoms with van der Waals surface area (Å²) in [5.41, 5.74) is 2.14. The van der Waals surface area contributed by atoms with Gasteiger partial charge in [0.1, 0.15) is 0 Å². The van der Waals surface area contributed by atoms with E-state index in [0.717, 1.165) is 14.5 Å². The van der Waals surface area contributed by atoms with Crippen LogP contribution in [0.1, 0.15) is 5.56 Å². The number of pyridine rings is 1. The van der Waals surface area contributed by atoms with Crippen molar-refractivity contribution in [3.63, 3.8) is 0 Å². The Morgan fingerprint density at radius 3 is 2.79 bits per heavy atom. The Labute approximate surface area is 97.2 Å². The van der Waals surface area contributed by atoms with Crippen LogP contribution in [-0.2, 0) is 0 Å². The standard InChI is InChI=1S/C10H8Cl2IN/c1-7-5-8-3-2-4-14-10(8)9(6-7)13(11)12/h2-6H,1H3. The topological polar surface area (TPSA) is 12.9 Å². The van der Waals surface area contributed by atoms with E-state index in [-0.39, 0.29) is 0 Å². The fraction of sp³-hybridized carbons (Fsp3) is 0.100. The number of aromatic nitrogens is 1. The van der Waals surface area contributed by atoms with Gasteiger partial charge in [0.15, 0.2) is 0 Å². The molecule has 4 heteroatoms. The minimum atomic E-state index is -1.99. The summed E-state index contributed by atoms with van der Waals surface area (Å²) in [6.45, 7) is 2.05. The first-order chi connectivity index (χ1) is 6.68. The molecule has 0 fully saturated rings. The predicted octanol–water partition coefficient (Wildman–Crippen LogP) is 4.53. The Kier molecular flexibility index (Phi) is 3.14. The quantitative estimate of drug-likeness (QED) is 0.696. The second kappa shape index (κ2) is 4.21. The maximum atomic E-state index is 6.04. The van der Waals surface area contributed by atoms with Crippen molar-refractivity contribution in [2.45, 2.75) is 6.92 Å². The van der Waals surface area contributed by atoms with Crippen molar-refractivity contribution in [1.82, 2.24) is 4.98 Å². The second-order valence-corrected chi connectivity index (χ2v) is 10.1. The first-order valence-electron chi connectivity index (χ1n) is 4.07. The molecule has 0 amide bonds. The zero-order valence-corrected chi connectivity index (χ0v) is 11.1. The molecule has 0 N–H and O–H groups in total. The third-order valence-corrected chi connectivity index (χ3v) is 5.72. The van der Waals surface area contributed by atoms with Gasteiger partial charge in [-0.1, -0.05) is 0 Å². The van der Waals surface area contributed by atoms with Crippen LogP contribution in [0, 0.1) is 10.5 Å². The van der Waals surface area contributed by atoms with Gasteiger partial charge in [0, 0.05) is 0 Å². The van der Waals surface area contributed by atoms with Gasteiger partial charge in [0.2, 0.25) is 0 Å².